The fourth-order valence-corrected chi connectivity index (χ4v) is 5.86. The maximum absolute atomic E-state index is 6.35. The maximum Gasteiger partial charge on any atom is 0.168 e. The van der Waals surface area contributed by atoms with E-state index in [0.29, 0.717) is 0 Å². The summed E-state index contributed by atoms with van der Waals surface area (Å²) in [6, 6.07) is 0. The van der Waals surface area contributed by atoms with Crippen LogP contribution in [0.4, 0.5) is 0 Å². The number of ether oxygens (including phenoxy) is 2. The second kappa shape index (κ2) is 29.9. The molecular formula is C40H72O2. The molecule has 0 aromatic carbocycles. The normalized spacial score (nSPS) is 19.5. The lowest BCUT2D eigenvalue weighted by molar-refractivity contribution is -0.177. The average molecular weight is 585 g/mol. The smallest absolute Gasteiger partial charge is 0.168 e. The lowest BCUT2D eigenvalue weighted by atomic mass is 9.98. The Morgan fingerprint density at radius 2 is 0.833 bits per heavy atom. The highest BCUT2D eigenvalue weighted by Crippen LogP contribution is 2.34. The van der Waals surface area contributed by atoms with Gasteiger partial charge in [0.05, 0.1) is 12.7 Å². The maximum atomic E-state index is 6.35. The van der Waals surface area contributed by atoms with E-state index in [2.05, 4.69) is 69.4 Å². The molecule has 1 heterocycles. The standard InChI is InChI=1S/C40H72O2/c1-4-6-8-10-12-14-16-18-20-22-24-26-28-30-32-34-36-40(41-38-39(3)42-40)37-35-33-31-29-27-25-23-21-19-17-15-13-11-9-7-5-2/h12-15,18-21,39H,4-11,16-17,22-38H2,1-3H3. The zero-order valence-electron chi connectivity index (χ0n) is 28.6. The first-order valence-corrected chi connectivity index (χ1v) is 18.6. The summed E-state index contributed by atoms with van der Waals surface area (Å²) in [6.45, 7) is 7.47. The Morgan fingerprint density at radius 3 is 1.19 bits per heavy atom. The second-order valence-corrected chi connectivity index (χ2v) is 12.8. The van der Waals surface area contributed by atoms with Gasteiger partial charge in [-0.05, 0) is 84.0 Å². The van der Waals surface area contributed by atoms with E-state index < -0.39 is 0 Å². The zero-order valence-corrected chi connectivity index (χ0v) is 28.6. The van der Waals surface area contributed by atoms with Gasteiger partial charge in [-0.1, -0.05) is 140 Å². The van der Waals surface area contributed by atoms with Crippen LogP contribution in [0.3, 0.4) is 0 Å². The highest BCUT2D eigenvalue weighted by molar-refractivity contribution is 4.93. The molecular weight excluding hydrogens is 512 g/mol. The molecule has 42 heavy (non-hydrogen) atoms. The molecule has 0 aromatic heterocycles. The predicted molar refractivity (Wildman–Crippen MR) is 187 cm³/mol. The summed E-state index contributed by atoms with van der Waals surface area (Å²) in [5.41, 5.74) is 0. The Kier molecular flexibility index (Phi) is 27.7. The minimum Gasteiger partial charge on any atom is -0.347 e. The van der Waals surface area contributed by atoms with Gasteiger partial charge in [-0.25, -0.2) is 0 Å². The summed E-state index contributed by atoms with van der Waals surface area (Å²) in [4.78, 5) is 0. The van der Waals surface area contributed by atoms with Gasteiger partial charge in [0.2, 0.25) is 0 Å². The zero-order chi connectivity index (χ0) is 30.2. The Morgan fingerprint density at radius 1 is 0.476 bits per heavy atom. The van der Waals surface area contributed by atoms with Gasteiger partial charge in [0.1, 0.15) is 0 Å². The molecule has 0 aliphatic carbocycles. The molecule has 244 valence electrons. The lowest BCUT2D eigenvalue weighted by Crippen LogP contribution is -2.30. The summed E-state index contributed by atoms with van der Waals surface area (Å²) in [6.07, 6.45) is 52.3. The highest BCUT2D eigenvalue weighted by atomic mass is 16.7. The van der Waals surface area contributed by atoms with Crippen LogP contribution in [0.1, 0.15) is 188 Å². The molecule has 0 aromatic rings. The van der Waals surface area contributed by atoms with Crippen molar-refractivity contribution in [1.29, 1.82) is 0 Å². The Hall–Kier alpha value is -1.12. The van der Waals surface area contributed by atoms with E-state index in [0.717, 1.165) is 32.3 Å². The Labute approximate surface area is 263 Å². The van der Waals surface area contributed by atoms with Gasteiger partial charge in [-0.3, -0.25) is 0 Å². The number of hydrogen-bond donors (Lipinski definition) is 0. The van der Waals surface area contributed by atoms with Crippen molar-refractivity contribution in [2.24, 2.45) is 0 Å². The van der Waals surface area contributed by atoms with Gasteiger partial charge in [-0.2, -0.15) is 0 Å². The van der Waals surface area contributed by atoms with E-state index in [-0.39, 0.29) is 11.9 Å². The van der Waals surface area contributed by atoms with Crippen molar-refractivity contribution in [3.63, 3.8) is 0 Å². The molecule has 2 nitrogen and oxygen atoms in total. The molecule has 0 bridgehead atoms. The minimum absolute atomic E-state index is 0.249. The molecule has 1 unspecified atom stereocenters. The molecule has 1 aliphatic rings. The molecule has 0 spiro atoms. The van der Waals surface area contributed by atoms with Crippen LogP contribution in [-0.4, -0.2) is 18.5 Å². The van der Waals surface area contributed by atoms with Crippen LogP contribution in [0, 0.1) is 0 Å². The molecule has 1 fully saturated rings. The van der Waals surface area contributed by atoms with E-state index >= 15 is 0 Å². The number of allylic oxidation sites excluding steroid dienone is 8. The van der Waals surface area contributed by atoms with Gasteiger partial charge in [0.25, 0.3) is 0 Å². The van der Waals surface area contributed by atoms with E-state index in [9.17, 15) is 0 Å². The predicted octanol–water partition coefficient (Wildman–Crippen LogP) is 13.5. The SMILES string of the molecule is CCCCCC=CCC=CCCCCCCCCC1(CCCCCCCCC=CCC=CCCCCC)OCC(C)O1. The molecule has 1 atom stereocenters. The summed E-state index contributed by atoms with van der Waals surface area (Å²) in [5.74, 6) is -0.288. The van der Waals surface area contributed by atoms with E-state index in [1.54, 1.807) is 0 Å². The van der Waals surface area contributed by atoms with Crippen molar-refractivity contribution in [3.8, 4) is 0 Å². The summed E-state index contributed by atoms with van der Waals surface area (Å²) >= 11 is 0. The van der Waals surface area contributed by atoms with Crippen LogP contribution in [0.2, 0.25) is 0 Å². The Bertz CT molecular complexity index is 625. The van der Waals surface area contributed by atoms with Crippen molar-refractivity contribution in [2.45, 2.75) is 200 Å². The number of rotatable bonds is 30. The van der Waals surface area contributed by atoms with Gasteiger partial charge in [0, 0.05) is 12.8 Å². The third-order valence-electron chi connectivity index (χ3n) is 8.51. The van der Waals surface area contributed by atoms with Crippen LogP contribution in [0.15, 0.2) is 48.6 Å². The largest absolute Gasteiger partial charge is 0.347 e. The monoisotopic (exact) mass is 585 g/mol. The minimum atomic E-state index is -0.288. The number of hydrogen-bond acceptors (Lipinski definition) is 2. The lowest BCUT2D eigenvalue weighted by Gasteiger charge is -2.28. The van der Waals surface area contributed by atoms with E-state index in [1.165, 1.54) is 141 Å². The van der Waals surface area contributed by atoms with Crippen molar-refractivity contribution < 1.29 is 9.47 Å². The van der Waals surface area contributed by atoms with Crippen molar-refractivity contribution in [1.82, 2.24) is 0 Å². The second-order valence-electron chi connectivity index (χ2n) is 12.8. The fraction of sp³-hybridized carbons (Fsp3) is 0.800. The van der Waals surface area contributed by atoms with Crippen molar-refractivity contribution in [2.75, 3.05) is 6.61 Å². The quantitative estimate of drug-likeness (QED) is 0.0617. The van der Waals surface area contributed by atoms with Gasteiger partial charge >= 0.3 is 0 Å². The average Bonchev–Trinajstić information content (AvgIpc) is 3.37. The van der Waals surface area contributed by atoms with E-state index in [4.69, 9.17) is 9.47 Å². The van der Waals surface area contributed by atoms with Crippen LogP contribution >= 0.6 is 0 Å². The fourth-order valence-electron chi connectivity index (χ4n) is 5.86. The van der Waals surface area contributed by atoms with Gasteiger partial charge in [0.15, 0.2) is 5.79 Å². The molecule has 2 heteroatoms. The van der Waals surface area contributed by atoms with Gasteiger partial charge < -0.3 is 9.47 Å². The molecule has 0 radical (unpaired) electrons. The summed E-state index contributed by atoms with van der Waals surface area (Å²) in [7, 11) is 0. The van der Waals surface area contributed by atoms with Crippen LogP contribution in [0.5, 0.6) is 0 Å². The van der Waals surface area contributed by atoms with Crippen molar-refractivity contribution in [3.05, 3.63) is 48.6 Å². The first-order chi connectivity index (χ1) is 20.7. The molecule has 0 saturated carbocycles. The molecule has 0 N–H and O–H groups in total. The number of unbranched alkanes of at least 4 members (excludes halogenated alkanes) is 18. The molecule has 1 rings (SSSR count). The van der Waals surface area contributed by atoms with Crippen LogP contribution in [0.25, 0.3) is 0 Å². The van der Waals surface area contributed by atoms with Crippen molar-refractivity contribution >= 4 is 0 Å². The molecule has 1 saturated heterocycles. The molecule has 1 aliphatic heterocycles. The van der Waals surface area contributed by atoms with Crippen LogP contribution in [-0.2, 0) is 9.47 Å². The van der Waals surface area contributed by atoms with E-state index in [1.807, 2.05) is 0 Å². The summed E-state index contributed by atoms with van der Waals surface area (Å²) in [5, 5.41) is 0. The summed E-state index contributed by atoms with van der Waals surface area (Å²) < 4.78 is 12.6. The first kappa shape index (κ1) is 38.9. The van der Waals surface area contributed by atoms with Crippen LogP contribution < -0.4 is 0 Å². The third kappa shape index (κ3) is 24.3. The first-order valence-electron chi connectivity index (χ1n) is 18.6. The van der Waals surface area contributed by atoms with Gasteiger partial charge in [-0.15, -0.1) is 0 Å². The topological polar surface area (TPSA) is 18.5 Å². The third-order valence-corrected chi connectivity index (χ3v) is 8.51. The Balaban J connectivity index is 1.99. The highest BCUT2D eigenvalue weighted by Gasteiger charge is 2.38. The molecule has 0 amide bonds.